The van der Waals surface area contributed by atoms with Crippen molar-refractivity contribution in [3.63, 3.8) is 0 Å². The van der Waals surface area contributed by atoms with Crippen molar-refractivity contribution in [3.8, 4) is 0 Å². The van der Waals surface area contributed by atoms with Crippen LogP contribution in [-0.4, -0.2) is 43.8 Å². The number of nitrogens with zero attached hydrogens (tertiary/aromatic N) is 1. The Morgan fingerprint density at radius 1 is 1.31 bits per heavy atom. The van der Waals surface area contributed by atoms with Crippen molar-refractivity contribution < 1.29 is 4.74 Å². The lowest BCUT2D eigenvalue weighted by Gasteiger charge is -2.36. The number of rotatable bonds is 3. The third kappa shape index (κ3) is 2.96. The number of ether oxygens (including phenoxy) is 1. The van der Waals surface area contributed by atoms with Gasteiger partial charge in [-0.15, -0.1) is 0 Å². The zero-order valence-electron chi connectivity index (χ0n) is 10.7. The van der Waals surface area contributed by atoms with Gasteiger partial charge in [-0.05, 0) is 44.6 Å². The van der Waals surface area contributed by atoms with Crippen molar-refractivity contribution in [2.75, 3.05) is 26.8 Å². The van der Waals surface area contributed by atoms with Crippen LogP contribution in [0.4, 0.5) is 0 Å². The van der Waals surface area contributed by atoms with Gasteiger partial charge in [0.05, 0.1) is 6.61 Å². The van der Waals surface area contributed by atoms with Gasteiger partial charge >= 0.3 is 0 Å². The maximum atomic E-state index is 6.23. The van der Waals surface area contributed by atoms with Crippen LogP contribution < -0.4 is 5.73 Å². The summed E-state index contributed by atoms with van der Waals surface area (Å²) < 4.78 is 5.44. The van der Waals surface area contributed by atoms with E-state index in [0.29, 0.717) is 18.0 Å². The summed E-state index contributed by atoms with van der Waals surface area (Å²) in [6.07, 6.45) is 5.02. The normalized spacial score (nSPS) is 40.5. The van der Waals surface area contributed by atoms with Crippen LogP contribution in [0.2, 0.25) is 0 Å². The molecule has 94 valence electrons. The third-order valence-corrected chi connectivity index (χ3v) is 4.35. The molecule has 3 heteroatoms. The van der Waals surface area contributed by atoms with Gasteiger partial charge in [0.25, 0.3) is 0 Å². The summed E-state index contributed by atoms with van der Waals surface area (Å²) in [4.78, 5) is 2.47. The molecule has 1 aliphatic heterocycles. The second-order valence-corrected chi connectivity index (χ2v) is 5.80. The van der Waals surface area contributed by atoms with Gasteiger partial charge in [-0.25, -0.2) is 0 Å². The molecule has 3 nitrogen and oxygen atoms in total. The largest absolute Gasteiger partial charge is 0.380 e. The number of hydrogen-bond acceptors (Lipinski definition) is 3. The van der Waals surface area contributed by atoms with Crippen LogP contribution in [0.25, 0.3) is 0 Å². The van der Waals surface area contributed by atoms with Gasteiger partial charge in [0.2, 0.25) is 0 Å². The fourth-order valence-corrected chi connectivity index (χ4v) is 3.12. The van der Waals surface area contributed by atoms with Crippen molar-refractivity contribution >= 4 is 0 Å². The summed E-state index contributed by atoms with van der Waals surface area (Å²) in [6, 6.07) is 1.05. The summed E-state index contributed by atoms with van der Waals surface area (Å²) in [5.41, 5.74) is 6.23. The molecular weight excluding hydrogens is 200 g/mol. The summed E-state index contributed by atoms with van der Waals surface area (Å²) in [6.45, 7) is 5.35. The molecule has 2 aliphatic rings. The maximum absolute atomic E-state index is 6.23. The number of likely N-dealkylation sites (N-methyl/N-ethyl adjacent to an activating group) is 1. The lowest BCUT2D eigenvalue weighted by atomic mass is 9.79. The minimum atomic E-state index is 0.418. The zero-order valence-corrected chi connectivity index (χ0v) is 10.7. The monoisotopic (exact) mass is 226 g/mol. The molecular formula is C13H26N2O. The van der Waals surface area contributed by atoms with Gasteiger partial charge in [-0.2, -0.15) is 0 Å². The van der Waals surface area contributed by atoms with Crippen molar-refractivity contribution in [3.05, 3.63) is 0 Å². The molecule has 16 heavy (non-hydrogen) atoms. The number of nitrogens with two attached hydrogens (primary N) is 1. The predicted molar refractivity (Wildman–Crippen MR) is 66.3 cm³/mol. The first-order valence-corrected chi connectivity index (χ1v) is 6.70. The molecule has 0 spiro atoms. The van der Waals surface area contributed by atoms with Gasteiger partial charge in [-0.1, -0.05) is 6.92 Å². The molecule has 4 atom stereocenters. The predicted octanol–water partition coefficient (Wildman–Crippen LogP) is 1.47. The Kier molecular flexibility index (Phi) is 4.22. The molecule has 0 aromatic rings. The minimum absolute atomic E-state index is 0.418. The fraction of sp³-hybridized carbons (Fsp3) is 1.00. The Morgan fingerprint density at radius 3 is 2.81 bits per heavy atom. The molecule has 0 radical (unpaired) electrons. The van der Waals surface area contributed by atoms with Gasteiger partial charge in [-0.3, -0.25) is 0 Å². The average molecular weight is 226 g/mol. The molecule has 2 rings (SSSR count). The highest BCUT2D eigenvalue weighted by molar-refractivity contribution is 4.84. The summed E-state index contributed by atoms with van der Waals surface area (Å²) >= 11 is 0. The maximum Gasteiger partial charge on any atom is 0.0622 e. The van der Waals surface area contributed by atoms with Gasteiger partial charge in [0.15, 0.2) is 0 Å². The van der Waals surface area contributed by atoms with E-state index in [1.165, 1.54) is 25.7 Å². The number of hydrogen-bond donors (Lipinski definition) is 1. The zero-order chi connectivity index (χ0) is 11.5. The van der Waals surface area contributed by atoms with Crippen LogP contribution in [0.5, 0.6) is 0 Å². The van der Waals surface area contributed by atoms with E-state index in [1.807, 2.05) is 0 Å². The SMILES string of the molecule is CC1CCC(N)C(CN(C)C2CCOC2)C1. The van der Waals surface area contributed by atoms with Gasteiger partial charge in [0.1, 0.15) is 0 Å². The van der Waals surface area contributed by atoms with Crippen LogP contribution in [0.15, 0.2) is 0 Å². The molecule has 1 heterocycles. The Morgan fingerprint density at radius 2 is 2.12 bits per heavy atom. The standard InChI is InChI=1S/C13H26N2O/c1-10-3-4-13(14)11(7-10)8-15(2)12-5-6-16-9-12/h10-13H,3-9,14H2,1-2H3. The highest BCUT2D eigenvalue weighted by Gasteiger charge is 2.29. The Hall–Kier alpha value is -0.120. The summed E-state index contributed by atoms with van der Waals surface area (Å²) in [7, 11) is 2.23. The van der Waals surface area contributed by atoms with Crippen LogP contribution in [0.3, 0.4) is 0 Å². The molecule has 2 fully saturated rings. The van der Waals surface area contributed by atoms with Crippen LogP contribution >= 0.6 is 0 Å². The van der Waals surface area contributed by atoms with E-state index in [9.17, 15) is 0 Å². The van der Waals surface area contributed by atoms with E-state index >= 15 is 0 Å². The van der Waals surface area contributed by atoms with Crippen molar-refractivity contribution in [1.82, 2.24) is 4.90 Å². The molecule has 0 amide bonds. The van der Waals surface area contributed by atoms with Gasteiger partial charge < -0.3 is 15.4 Å². The third-order valence-electron chi connectivity index (χ3n) is 4.35. The molecule has 4 unspecified atom stereocenters. The second kappa shape index (κ2) is 5.48. The highest BCUT2D eigenvalue weighted by atomic mass is 16.5. The van der Waals surface area contributed by atoms with Crippen LogP contribution in [0, 0.1) is 11.8 Å². The van der Waals surface area contributed by atoms with E-state index in [0.717, 1.165) is 25.7 Å². The van der Waals surface area contributed by atoms with E-state index in [1.54, 1.807) is 0 Å². The van der Waals surface area contributed by atoms with E-state index in [4.69, 9.17) is 10.5 Å². The molecule has 0 aromatic carbocycles. The van der Waals surface area contributed by atoms with Crippen molar-refractivity contribution in [2.45, 2.75) is 44.7 Å². The second-order valence-electron chi connectivity index (χ2n) is 5.80. The molecule has 2 N–H and O–H groups in total. The first kappa shape index (κ1) is 12.3. The lowest BCUT2D eigenvalue weighted by Crippen LogP contribution is -2.44. The average Bonchev–Trinajstić information content (AvgIpc) is 2.76. The van der Waals surface area contributed by atoms with E-state index in [-0.39, 0.29) is 0 Å². The molecule has 1 saturated heterocycles. The van der Waals surface area contributed by atoms with Crippen molar-refractivity contribution in [2.24, 2.45) is 17.6 Å². The molecule has 1 saturated carbocycles. The molecule has 1 aliphatic carbocycles. The van der Waals surface area contributed by atoms with E-state index in [2.05, 4.69) is 18.9 Å². The van der Waals surface area contributed by atoms with Crippen molar-refractivity contribution in [1.29, 1.82) is 0 Å². The fourth-order valence-electron chi connectivity index (χ4n) is 3.12. The van der Waals surface area contributed by atoms with Crippen LogP contribution in [-0.2, 0) is 4.74 Å². The molecule has 0 bridgehead atoms. The minimum Gasteiger partial charge on any atom is -0.380 e. The van der Waals surface area contributed by atoms with Gasteiger partial charge in [0, 0.05) is 25.2 Å². The van der Waals surface area contributed by atoms with Crippen LogP contribution in [0.1, 0.15) is 32.6 Å². The van der Waals surface area contributed by atoms with E-state index < -0.39 is 0 Å². The first-order valence-electron chi connectivity index (χ1n) is 6.70. The summed E-state index contributed by atoms with van der Waals surface area (Å²) in [5.74, 6) is 1.55. The Labute approximate surface area is 99.3 Å². The smallest absolute Gasteiger partial charge is 0.0622 e. The molecule has 0 aromatic heterocycles. The Balaban J connectivity index is 1.82. The Bertz CT molecular complexity index is 216. The highest BCUT2D eigenvalue weighted by Crippen LogP contribution is 2.29. The lowest BCUT2D eigenvalue weighted by molar-refractivity contribution is 0.126. The first-order chi connectivity index (χ1) is 7.66. The topological polar surface area (TPSA) is 38.5 Å². The summed E-state index contributed by atoms with van der Waals surface area (Å²) in [5, 5.41) is 0. The quantitative estimate of drug-likeness (QED) is 0.792.